The van der Waals surface area contributed by atoms with Crippen molar-refractivity contribution >= 4 is 27.7 Å². The third-order valence-corrected chi connectivity index (χ3v) is 5.31. The van der Waals surface area contributed by atoms with Crippen LogP contribution >= 0.6 is 27.7 Å². The average molecular weight is 318 g/mol. The van der Waals surface area contributed by atoms with Crippen LogP contribution in [0.5, 0.6) is 0 Å². The van der Waals surface area contributed by atoms with Crippen LogP contribution in [0.3, 0.4) is 0 Å². The van der Waals surface area contributed by atoms with E-state index in [0.29, 0.717) is 6.04 Å². The summed E-state index contributed by atoms with van der Waals surface area (Å²) in [5.41, 5.74) is 2.37. The Morgan fingerprint density at radius 3 is 2.82 bits per heavy atom. The highest BCUT2D eigenvalue weighted by molar-refractivity contribution is 9.10. The highest BCUT2D eigenvalue weighted by atomic mass is 79.9. The van der Waals surface area contributed by atoms with Crippen molar-refractivity contribution in [3.63, 3.8) is 0 Å². The Hall–Kier alpha value is -0.0000000000000000555. The smallest absolute Gasteiger partial charge is 0.0739 e. The fraction of sp³-hybridized carbons (Fsp3) is 0.750. The maximum Gasteiger partial charge on any atom is 0.0739 e. The lowest BCUT2D eigenvalue weighted by atomic mass is 10.1. The van der Waals surface area contributed by atoms with Gasteiger partial charge in [-0.25, -0.2) is 0 Å². The molecule has 1 aliphatic rings. The van der Waals surface area contributed by atoms with Gasteiger partial charge in [-0.2, -0.15) is 16.9 Å². The van der Waals surface area contributed by atoms with Crippen LogP contribution in [-0.4, -0.2) is 27.3 Å². The predicted octanol–water partition coefficient (Wildman–Crippen LogP) is 2.96. The molecule has 0 aromatic carbocycles. The maximum absolute atomic E-state index is 4.52. The molecular weight excluding hydrogens is 298 g/mol. The second-order valence-corrected chi connectivity index (χ2v) is 6.45. The summed E-state index contributed by atoms with van der Waals surface area (Å²) in [5.74, 6) is 2.59. The van der Waals surface area contributed by atoms with Crippen LogP contribution in [0, 0.1) is 6.92 Å². The largest absolute Gasteiger partial charge is 0.308 e. The fourth-order valence-corrected chi connectivity index (χ4v) is 3.71. The Bertz CT molecular complexity index is 372. The van der Waals surface area contributed by atoms with Gasteiger partial charge in [0.15, 0.2) is 0 Å². The maximum atomic E-state index is 4.52. The average Bonchev–Trinajstić information content (AvgIpc) is 2.64. The van der Waals surface area contributed by atoms with Crippen molar-refractivity contribution in [2.75, 3.05) is 11.5 Å². The number of hydrogen-bond donors (Lipinski definition) is 1. The molecule has 1 aliphatic heterocycles. The molecule has 2 heterocycles. The highest BCUT2D eigenvalue weighted by Gasteiger charge is 2.16. The monoisotopic (exact) mass is 317 g/mol. The zero-order valence-electron chi connectivity index (χ0n) is 10.5. The van der Waals surface area contributed by atoms with Gasteiger partial charge in [0, 0.05) is 19.1 Å². The Morgan fingerprint density at radius 1 is 1.47 bits per heavy atom. The highest BCUT2D eigenvalue weighted by Crippen LogP contribution is 2.22. The van der Waals surface area contributed by atoms with Crippen LogP contribution in [0.2, 0.25) is 0 Å². The second kappa shape index (κ2) is 6.25. The quantitative estimate of drug-likeness (QED) is 0.926. The van der Waals surface area contributed by atoms with Crippen molar-refractivity contribution in [3.05, 3.63) is 15.9 Å². The minimum Gasteiger partial charge on any atom is -0.308 e. The third kappa shape index (κ3) is 3.26. The van der Waals surface area contributed by atoms with E-state index in [1.807, 2.05) is 0 Å². The van der Waals surface area contributed by atoms with Gasteiger partial charge in [0.25, 0.3) is 0 Å². The van der Waals surface area contributed by atoms with Crippen molar-refractivity contribution in [1.29, 1.82) is 0 Å². The number of halogens is 1. The molecule has 0 aliphatic carbocycles. The molecule has 0 spiro atoms. The summed E-state index contributed by atoms with van der Waals surface area (Å²) in [5, 5.41) is 8.18. The molecule has 0 amide bonds. The topological polar surface area (TPSA) is 29.9 Å². The van der Waals surface area contributed by atoms with E-state index >= 15 is 0 Å². The second-order valence-electron chi connectivity index (χ2n) is 4.43. The van der Waals surface area contributed by atoms with Crippen LogP contribution in [0.15, 0.2) is 4.47 Å². The molecule has 1 fully saturated rings. The zero-order valence-corrected chi connectivity index (χ0v) is 12.9. The summed E-state index contributed by atoms with van der Waals surface area (Å²) in [6.45, 7) is 6.05. The molecule has 2 rings (SSSR count). The van der Waals surface area contributed by atoms with Gasteiger partial charge in [0.1, 0.15) is 0 Å². The van der Waals surface area contributed by atoms with Gasteiger partial charge in [-0.3, -0.25) is 4.68 Å². The lowest BCUT2D eigenvalue weighted by Gasteiger charge is -2.22. The van der Waals surface area contributed by atoms with E-state index in [1.165, 1.54) is 30.0 Å². The van der Waals surface area contributed by atoms with Gasteiger partial charge in [0.2, 0.25) is 0 Å². The molecule has 1 aromatic heterocycles. The minimum absolute atomic E-state index is 0.684. The first-order chi connectivity index (χ1) is 8.22. The summed E-state index contributed by atoms with van der Waals surface area (Å²) < 4.78 is 3.25. The first-order valence-electron chi connectivity index (χ1n) is 6.25. The van der Waals surface area contributed by atoms with Crippen molar-refractivity contribution in [3.8, 4) is 0 Å². The number of nitrogens with one attached hydrogen (secondary N) is 1. The molecule has 1 saturated heterocycles. The van der Waals surface area contributed by atoms with Crippen molar-refractivity contribution in [2.24, 2.45) is 0 Å². The van der Waals surface area contributed by atoms with Gasteiger partial charge < -0.3 is 5.32 Å². The molecule has 1 N–H and O–H groups in total. The van der Waals surface area contributed by atoms with E-state index in [4.69, 9.17) is 0 Å². The van der Waals surface area contributed by atoms with E-state index in [9.17, 15) is 0 Å². The van der Waals surface area contributed by atoms with Crippen molar-refractivity contribution in [2.45, 2.75) is 45.8 Å². The molecule has 0 saturated carbocycles. The summed E-state index contributed by atoms with van der Waals surface area (Å²) in [6, 6.07) is 0.684. The SMILES string of the molecule is CCn1nc(C)c(Br)c1CNC1CCSCC1. The van der Waals surface area contributed by atoms with Crippen LogP contribution in [-0.2, 0) is 13.1 Å². The van der Waals surface area contributed by atoms with Crippen LogP contribution < -0.4 is 5.32 Å². The lowest BCUT2D eigenvalue weighted by molar-refractivity contribution is 0.465. The number of thioether (sulfide) groups is 1. The molecule has 96 valence electrons. The van der Waals surface area contributed by atoms with Gasteiger partial charge >= 0.3 is 0 Å². The first kappa shape index (κ1) is 13.4. The molecule has 0 radical (unpaired) electrons. The summed E-state index contributed by atoms with van der Waals surface area (Å²) in [6.07, 6.45) is 2.59. The Morgan fingerprint density at radius 2 is 2.18 bits per heavy atom. The Labute approximate surface area is 116 Å². The summed E-state index contributed by atoms with van der Waals surface area (Å²) in [4.78, 5) is 0. The summed E-state index contributed by atoms with van der Waals surface area (Å²) >= 11 is 5.71. The molecule has 5 heteroatoms. The Balaban J connectivity index is 1.97. The normalized spacial score (nSPS) is 17.6. The molecule has 17 heavy (non-hydrogen) atoms. The molecule has 0 unspecified atom stereocenters. The molecular formula is C12H20BrN3S. The van der Waals surface area contributed by atoms with Crippen LogP contribution in [0.25, 0.3) is 0 Å². The van der Waals surface area contributed by atoms with E-state index in [0.717, 1.165) is 23.3 Å². The fourth-order valence-electron chi connectivity index (χ4n) is 2.18. The van der Waals surface area contributed by atoms with Crippen molar-refractivity contribution in [1.82, 2.24) is 15.1 Å². The number of nitrogens with zero attached hydrogens (tertiary/aromatic N) is 2. The standard InChI is InChI=1S/C12H20BrN3S/c1-3-16-11(12(13)9(2)15-16)8-14-10-4-6-17-7-5-10/h10,14H,3-8H2,1-2H3. The first-order valence-corrected chi connectivity index (χ1v) is 8.20. The summed E-state index contributed by atoms with van der Waals surface area (Å²) in [7, 11) is 0. The number of aryl methyl sites for hydroxylation is 2. The molecule has 0 bridgehead atoms. The number of aromatic nitrogens is 2. The van der Waals surface area contributed by atoms with E-state index < -0.39 is 0 Å². The minimum atomic E-state index is 0.684. The number of hydrogen-bond acceptors (Lipinski definition) is 3. The zero-order chi connectivity index (χ0) is 12.3. The predicted molar refractivity (Wildman–Crippen MR) is 77.5 cm³/mol. The van der Waals surface area contributed by atoms with E-state index in [-0.39, 0.29) is 0 Å². The van der Waals surface area contributed by atoms with Crippen LogP contribution in [0.1, 0.15) is 31.2 Å². The third-order valence-electron chi connectivity index (χ3n) is 3.23. The van der Waals surface area contributed by atoms with Gasteiger partial charge in [0.05, 0.1) is 15.9 Å². The molecule has 3 nitrogen and oxygen atoms in total. The molecule has 0 atom stereocenters. The number of rotatable bonds is 4. The van der Waals surface area contributed by atoms with Gasteiger partial charge in [-0.15, -0.1) is 0 Å². The van der Waals surface area contributed by atoms with Gasteiger partial charge in [-0.05, 0) is 54.1 Å². The van der Waals surface area contributed by atoms with Crippen molar-refractivity contribution < 1.29 is 0 Å². The lowest BCUT2D eigenvalue weighted by Crippen LogP contribution is -2.32. The molecule has 1 aromatic rings. The van der Waals surface area contributed by atoms with Gasteiger partial charge in [-0.1, -0.05) is 0 Å². The van der Waals surface area contributed by atoms with Crippen LogP contribution in [0.4, 0.5) is 0 Å². The van der Waals surface area contributed by atoms with E-state index in [2.05, 4.69) is 56.6 Å². The van der Waals surface area contributed by atoms with E-state index in [1.54, 1.807) is 0 Å². The Kier molecular flexibility index (Phi) is 4.94.